The maximum absolute atomic E-state index is 12.2. The van der Waals surface area contributed by atoms with E-state index in [0.29, 0.717) is 12.0 Å². The maximum Gasteiger partial charge on any atom is 0.262 e. The first kappa shape index (κ1) is 20.0. The van der Waals surface area contributed by atoms with Crippen LogP contribution < -0.4 is 10.7 Å². The zero-order chi connectivity index (χ0) is 19.1. The summed E-state index contributed by atoms with van der Waals surface area (Å²) in [5, 5.41) is 17.3. The van der Waals surface area contributed by atoms with Gasteiger partial charge in [0, 0.05) is 14.8 Å². The van der Waals surface area contributed by atoms with Crippen LogP contribution in [0.4, 0.5) is 5.69 Å². The summed E-state index contributed by atoms with van der Waals surface area (Å²) >= 11 is 2.25. The number of phenolic OH excluding ortho intramolecular Hbond substituents is 1. The molecule has 26 heavy (non-hydrogen) atoms. The lowest BCUT2D eigenvalue weighted by atomic mass is 10.1. The van der Waals surface area contributed by atoms with Gasteiger partial charge in [0.25, 0.3) is 5.91 Å². The van der Waals surface area contributed by atoms with Crippen molar-refractivity contribution in [1.82, 2.24) is 5.43 Å². The number of aromatic hydroxyl groups is 1. The summed E-state index contributed by atoms with van der Waals surface area (Å²) in [6, 6.07) is 10.9. The normalized spacial score (nSPS) is 12.0. The molecule has 0 spiro atoms. The van der Waals surface area contributed by atoms with Crippen LogP contribution in [-0.2, 0) is 11.2 Å². The Hall–Kier alpha value is -2.35. The van der Waals surface area contributed by atoms with Crippen molar-refractivity contribution in [3.63, 3.8) is 0 Å². The van der Waals surface area contributed by atoms with Gasteiger partial charge in [-0.3, -0.25) is 4.79 Å². The number of nitrogens with one attached hydrogen (secondary N) is 2. The van der Waals surface area contributed by atoms with Crippen LogP contribution in [0.1, 0.15) is 23.6 Å². The molecule has 1 amide bonds. The molecule has 0 saturated carbocycles. The SMILES string of the molecule is C=CCc1cccc(/C=N\NC(=O)[C@@H](C)Nc2ccc(I)cc2C)c1O. The lowest BCUT2D eigenvalue weighted by molar-refractivity contribution is -0.121. The molecule has 1 atom stereocenters. The van der Waals surface area contributed by atoms with Crippen molar-refractivity contribution in [1.29, 1.82) is 0 Å². The summed E-state index contributed by atoms with van der Waals surface area (Å²) in [5.41, 5.74) is 5.78. The number of para-hydroxylation sites is 1. The molecule has 0 saturated heterocycles. The van der Waals surface area contributed by atoms with Gasteiger partial charge in [0.15, 0.2) is 0 Å². The van der Waals surface area contributed by atoms with Gasteiger partial charge in [0.1, 0.15) is 11.8 Å². The highest BCUT2D eigenvalue weighted by atomic mass is 127. The van der Waals surface area contributed by atoms with Gasteiger partial charge >= 0.3 is 0 Å². The van der Waals surface area contributed by atoms with Crippen LogP contribution in [0.2, 0.25) is 0 Å². The van der Waals surface area contributed by atoms with E-state index in [1.54, 1.807) is 19.1 Å². The molecule has 136 valence electrons. The third kappa shape index (κ3) is 5.32. The number of nitrogens with zero attached hydrogens (tertiary/aromatic N) is 1. The van der Waals surface area contributed by atoms with Gasteiger partial charge in [-0.2, -0.15) is 5.10 Å². The number of halogens is 1. The van der Waals surface area contributed by atoms with E-state index in [9.17, 15) is 9.90 Å². The summed E-state index contributed by atoms with van der Waals surface area (Å²) in [6.45, 7) is 7.43. The van der Waals surface area contributed by atoms with E-state index in [-0.39, 0.29) is 11.7 Å². The van der Waals surface area contributed by atoms with E-state index in [2.05, 4.69) is 45.0 Å². The Balaban J connectivity index is 1.98. The number of hydrazone groups is 1. The number of phenols is 1. The highest BCUT2D eigenvalue weighted by molar-refractivity contribution is 14.1. The van der Waals surface area contributed by atoms with Gasteiger partial charge in [-0.05, 0) is 78.3 Å². The number of carbonyl (C=O) groups is 1. The molecule has 0 heterocycles. The lowest BCUT2D eigenvalue weighted by Gasteiger charge is -2.15. The molecule has 0 fully saturated rings. The van der Waals surface area contributed by atoms with E-state index in [0.717, 1.165) is 20.4 Å². The summed E-state index contributed by atoms with van der Waals surface area (Å²) in [7, 11) is 0. The Morgan fingerprint density at radius 3 is 2.85 bits per heavy atom. The fourth-order valence-electron chi connectivity index (χ4n) is 2.39. The quantitative estimate of drug-likeness (QED) is 0.252. The van der Waals surface area contributed by atoms with Crippen molar-refractivity contribution in [2.75, 3.05) is 5.32 Å². The van der Waals surface area contributed by atoms with E-state index in [4.69, 9.17) is 0 Å². The van der Waals surface area contributed by atoms with Gasteiger partial charge in [-0.15, -0.1) is 6.58 Å². The molecule has 3 N–H and O–H groups in total. The monoisotopic (exact) mass is 463 g/mol. The molecule has 0 unspecified atom stereocenters. The van der Waals surface area contributed by atoms with Crippen LogP contribution in [0.15, 0.2) is 54.2 Å². The van der Waals surface area contributed by atoms with Crippen LogP contribution in [0.25, 0.3) is 0 Å². The number of allylic oxidation sites excluding steroid dienone is 1. The summed E-state index contributed by atoms with van der Waals surface area (Å²) in [4.78, 5) is 12.2. The maximum atomic E-state index is 12.2. The zero-order valence-corrected chi connectivity index (χ0v) is 16.9. The first-order valence-electron chi connectivity index (χ1n) is 8.19. The molecule has 0 aliphatic carbocycles. The third-order valence-electron chi connectivity index (χ3n) is 3.85. The van der Waals surface area contributed by atoms with E-state index >= 15 is 0 Å². The number of amides is 1. The average Bonchev–Trinajstić information content (AvgIpc) is 2.60. The molecule has 6 heteroatoms. The van der Waals surface area contributed by atoms with Crippen molar-refractivity contribution >= 4 is 40.4 Å². The number of carbonyl (C=O) groups excluding carboxylic acids is 1. The van der Waals surface area contributed by atoms with E-state index in [1.807, 2.05) is 37.3 Å². The van der Waals surface area contributed by atoms with Gasteiger partial charge in [0.2, 0.25) is 0 Å². The second-order valence-electron chi connectivity index (χ2n) is 5.91. The number of benzene rings is 2. The van der Waals surface area contributed by atoms with Crippen molar-refractivity contribution in [2.24, 2.45) is 5.10 Å². The molecule has 2 rings (SSSR count). The highest BCUT2D eigenvalue weighted by Gasteiger charge is 2.13. The fraction of sp³-hybridized carbons (Fsp3) is 0.200. The highest BCUT2D eigenvalue weighted by Crippen LogP contribution is 2.21. The number of anilines is 1. The second-order valence-corrected chi connectivity index (χ2v) is 7.15. The Morgan fingerprint density at radius 1 is 1.38 bits per heavy atom. The van der Waals surface area contributed by atoms with Gasteiger partial charge < -0.3 is 10.4 Å². The predicted molar refractivity (Wildman–Crippen MR) is 115 cm³/mol. The molecular weight excluding hydrogens is 441 g/mol. The zero-order valence-electron chi connectivity index (χ0n) is 14.8. The number of rotatable bonds is 7. The average molecular weight is 463 g/mol. The molecule has 2 aromatic carbocycles. The van der Waals surface area contributed by atoms with Gasteiger partial charge in [-0.1, -0.05) is 18.2 Å². The summed E-state index contributed by atoms with van der Waals surface area (Å²) in [5.74, 6) is -0.118. The van der Waals surface area contributed by atoms with E-state index in [1.165, 1.54) is 6.21 Å². The van der Waals surface area contributed by atoms with Crippen LogP contribution in [0.3, 0.4) is 0 Å². The van der Waals surface area contributed by atoms with Crippen LogP contribution in [0, 0.1) is 10.5 Å². The number of hydrogen-bond acceptors (Lipinski definition) is 4. The molecule has 2 aromatic rings. The largest absolute Gasteiger partial charge is 0.507 e. The van der Waals surface area contributed by atoms with Crippen LogP contribution in [0.5, 0.6) is 5.75 Å². The van der Waals surface area contributed by atoms with Crippen molar-refractivity contribution in [3.8, 4) is 5.75 Å². The summed E-state index contributed by atoms with van der Waals surface area (Å²) in [6.07, 6.45) is 3.72. The van der Waals surface area contributed by atoms with Crippen LogP contribution >= 0.6 is 22.6 Å². The standard InChI is InChI=1S/C20H22IN3O2/c1-4-6-15-7-5-8-16(19(15)25)12-22-24-20(26)14(3)23-18-10-9-17(21)11-13(18)2/h4-5,7-12,14,23,25H,1,6H2,2-3H3,(H,24,26)/b22-12-/t14-/m1/s1. The van der Waals surface area contributed by atoms with Gasteiger partial charge in [-0.25, -0.2) is 5.43 Å². The molecule has 5 nitrogen and oxygen atoms in total. The Morgan fingerprint density at radius 2 is 2.15 bits per heavy atom. The first-order valence-corrected chi connectivity index (χ1v) is 9.27. The molecule has 0 aliphatic heterocycles. The topological polar surface area (TPSA) is 73.7 Å². The van der Waals surface area contributed by atoms with Crippen molar-refractivity contribution in [2.45, 2.75) is 26.3 Å². The fourth-order valence-corrected chi connectivity index (χ4v) is 3.03. The Labute approximate surface area is 167 Å². The molecule has 0 aliphatic rings. The third-order valence-corrected chi connectivity index (χ3v) is 4.52. The minimum atomic E-state index is -0.452. The lowest BCUT2D eigenvalue weighted by Crippen LogP contribution is -2.35. The van der Waals surface area contributed by atoms with Crippen molar-refractivity contribution in [3.05, 3.63) is 69.3 Å². The van der Waals surface area contributed by atoms with Crippen LogP contribution in [-0.4, -0.2) is 23.3 Å². The first-order chi connectivity index (χ1) is 12.4. The smallest absolute Gasteiger partial charge is 0.262 e. The minimum Gasteiger partial charge on any atom is -0.507 e. The van der Waals surface area contributed by atoms with E-state index < -0.39 is 6.04 Å². The minimum absolute atomic E-state index is 0.145. The Bertz CT molecular complexity index is 834. The number of aryl methyl sites for hydroxylation is 1. The molecule has 0 bridgehead atoms. The predicted octanol–water partition coefficient (Wildman–Crippen LogP) is 3.98. The molecule has 0 aromatic heterocycles. The molecular formula is C20H22IN3O2. The summed E-state index contributed by atoms with van der Waals surface area (Å²) < 4.78 is 1.14. The molecule has 0 radical (unpaired) electrons. The second kappa shape index (κ2) is 9.38. The number of hydrogen-bond donors (Lipinski definition) is 3. The van der Waals surface area contributed by atoms with Gasteiger partial charge in [0.05, 0.1) is 6.21 Å². The Kier molecular flexibility index (Phi) is 7.20. The van der Waals surface area contributed by atoms with Crippen molar-refractivity contribution < 1.29 is 9.90 Å².